The Kier molecular flexibility index (Phi) is 3.13. The molecule has 0 fully saturated rings. The van der Waals surface area contributed by atoms with Crippen molar-refractivity contribution in [2.24, 2.45) is 16.5 Å². The van der Waals surface area contributed by atoms with Crippen molar-refractivity contribution in [2.45, 2.75) is 17.6 Å². The number of allylic oxidation sites excluding steroid dienone is 2. The summed E-state index contributed by atoms with van der Waals surface area (Å²) in [6.07, 6.45) is 1.63. The minimum atomic E-state index is -4.60. The van der Waals surface area contributed by atoms with Gasteiger partial charge in [-0.1, -0.05) is 24.3 Å². The van der Waals surface area contributed by atoms with Gasteiger partial charge < -0.3 is 15.9 Å². The summed E-state index contributed by atoms with van der Waals surface area (Å²) < 4.78 is 45.7. The van der Waals surface area contributed by atoms with Crippen molar-refractivity contribution in [2.75, 3.05) is 0 Å². The molecule has 0 aliphatic heterocycles. The van der Waals surface area contributed by atoms with E-state index in [1.807, 2.05) is 0 Å². The van der Waals surface area contributed by atoms with E-state index in [0.717, 1.165) is 6.08 Å². The summed E-state index contributed by atoms with van der Waals surface area (Å²) in [5, 5.41) is 0. The summed E-state index contributed by atoms with van der Waals surface area (Å²) in [7, 11) is 0. The number of guanidine groups is 1. The van der Waals surface area contributed by atoms with Crippen LogP contribution >= 0.6 is 0 Å². The van der Waals surface area contributed by atoms with Gasteiger partial charge >= 0.3 is 6.18 Å². The monoisotopic (exact) mass is 271 g/mol. The topological polar surface area (TPSA) is 77.5 Å². The Morgan fingerprint density at radius 2 is 2.05 bits per heavy atom. The van der Waals surface area contributed by atoms with E-state index in [4.69, 9.17) is 15.9 Å². The van der Waals surface area contributed by atoms with Crippen LogP contribution in [0.3, 0.4) is 0 Å². The lowest BCUT2D eigenvalue weighted by Gasteiger charge is -2.36. The summed E-state index contributed by atoms with van der Waals surface area (Å²) in [5.41, 5.74) is 8.03. The molecule has 4 N–H and O–H groups in total. The molecule has 19 heavy (non-hydrogen) atoms. The van der Waals surface area contributed by atoms with E-state index in [2.05, 4.69) is 4.99 Å². The van der Waals surface area contributed by atoms with Crippen LogP contribution in [0.5, 0.6) is 0 Å². The first-order valence-electron chi connectivity index (χ1n) is 5.43. The predicted molar refractivity (Wildman–Crippen MR) is 64.3 cm³/mol. The number of rotatable bonds is 2. The highest BCUT2D eigenvalue weighted by Gasteiger charge is 2.61. The van der Waals surface area contributed by atoms with Gasteiger partial charge in [-0.3, -0.25) is 0 Å². The van der Waals surface area contributed by atoms with Gasteiger partial charge in [0.2, 0.25) is 0 Å². The summed E-state index contributed by atoms with van der Waals surface area (Å²) >= 11 is 0. The second-order valence-corrected chi connectivity index (χ2v) is 4.09. The molecule has 102 valence electrons. The average Bonchev–Trinajstić information content (AvgIpc) is 2.81. The van der Waals surface area contributed by atoms with Crippen molar-refractivity contribution in [3.63, 3.8) is 0 Å². The molecule has 0 aromatic carbocycles. The van der Waals surface area contributed by atoms with Crippen LogP contribution in [0, 0.1) is 0 Å². The Bertz CT molecular complexity index is 527. The minimum Gasteiger partial charge on any atom is -0.468 e. The van der Waals surface area contributed by atoms with Gasteiger partial charge in [-0.15, -0.1) is 0 Å². The smallest absolute Gasteiger partial charge is 0.407 e. The molecule has 0 saturated carbocycles. The maximum absolute atomic E-state index is 13.6. The average molecular weight is 271 g/mol. The van der Waals surface area contributed by atoms with E-state index in [1.54, 1.807) is 0 Å². The van der Waals surface area contributed by atoms with Crippen molar-refractivity contribution in [1.29, 1.82) is 0 Å². The maximum Gasteiger partial charge on any atom is 0.407 e. The summed E-state index contributed by atoms with van der Waals surface area (Å²) in [6, 6.07) is 1.35. The molecule has 0 radical (unpaired) electrons. The van der Waals surface area contributed by atoms with E-state index in [1.165, 1.54) is 36.6 Å². The number of nitrogens with zero attached hydrogens (tertiary/aromatic N) is 1. The van der Waals surface area contributed by atoms with Gasteiger partial charge in [0.15, 0.2) is 11.4 Å². The molecule has 2 rings (SSSR count). The van der Waals surface area contributed by atoms with Crippen LogP contribution in [-0.4, -0.2) is 18.2 Å². The molecular formula is C12H12F3N3O. The lowest BCUT2D eigenvalue weighted by Crippen LogP contribution is -2.50. The molecular weight excluding hydrogens is 259 g/mol. The summed E-state index contributed by atoms with van der Waals surface area (Å²) in [5.74, 6) is -0.666. The number of nitrogens with two attached hydrogens (primary N) is 2. The number of aliphatic imine (C=N–C) groups is 1. The van der Waals surface area contributed by atoms with E-state index < -0.39 is 23.6 Å². The van der Waals surface area contributed by atoms with Crippen LogP contribution in [0.25, 0.3) is 0 Å². The van der Waals surface area contributed by atoms with Gasteiger partial charge in [0.05, 0.1) is 12.3 Å². The Labute approximate surface area is 107 Å². The predicted octanol–water partition coefficient (Wildman–Crippen LogP) is 1.85. The van der Waals surface area contributed by atoms with E-state index >= 15 is 0 Å². The van der Waals surface area contributed by atoms with E-state index in [-0.39, 0.29) is 5.76 Å². The van der Waals surface area contributed by atoms with Crippen molar-refractivity contribution in [3.05, 3.63) is 48.5 Å². The molecule has 1 heterocycles. The maximum atomic E-state index is 13.6. The summed E-state index contributed by atoms with van der Waals surface area (Å²) in [6.45, 7) is 0. The molecule has 0 saturated heterocycles. The molecule has 2 unspecified atom stereocenters. The number of furan rings is 1. The molecule has 2 atom stereocenters. The SMILES string of the molecule is NC(N)=NC1C=CC=CC1(c1ccco1)C(F)(F)F. The third kappa shape index (κ3) is 2.11. The fourth-order valence-corrected chi connectivity index (χ4v) is 2.08. The molecule has 1 aromatic rings. The highest BCUT2D eigenvalue weighted by atomic mass is 19.4. The number of hydrogen-bond donors (Lipinski definition) is 2. The first-order chi connectivity index (χ1) is 8.88. The van der Waals surface area contributed by atoms with Crippen LogP contribution in [-0.2, 0) is 5.41 Å². The Morgan fingerprint density at radius 3 is 2.58 bits per heavy atom. The van der Waals surface area contributed by atoms with Gasteiger partial charge in [-0.2, -0.15) is 13.2 Å². The fraction of sp³-hybridized carbons (Fsp3) is 0.250. The Balaban J connectivity index is 2.63. The van der Waals surface area contributed by atoms with E-state index in [0.29, 0.717) is 0 Å². The molecule has 1 aromatic heterocycles. The first kappa shape index (κ1) is 13.3. The van der Waals surface area contributed by atoms with Gasteiger partial charge in [-0.25, -0.2) is 4.99 Å². The molecule has 0 spiro atoms. The van der Waals surface area contributed by atoms with Crippen molar-refractivity contribution in [1.82, 2.24) is 0 Å². The number of alkyl halides is 3. The fourth-order valence-electron chi connectivity index (χ4n) is 2.08. The summed E-state index contributed by atoms with van der Waals surface area (Å²) in [4.78, 5) is 3.67. The largest absolute Gasteiger partial charge is 0.468 e. The van der Waals surface area contributed by atoms with Crippen molar-refractivity contribution >= 4 is 5.96 Å². The van der Waals surface area contributed by atoms with Crippen LogP contribution in [0.1, 0.15) is 5.76 Å². The van der Waals surface area contributed by atoms with Crippen LogP contribution in [0.2, 0.25) is 0 Å². The Morgan fingerprint density at radius 1 is 1.32 bits per heavy atom. The zero-order valence-electron chi connectivity index (χ0n) is 9.76. The molecule has 1 aliphatic carbocycles. The standard InChI is InChI=1S/C12H12F3N3O/c13-12(14,15)11(9-5-3-7-19-9)6-2-1-4-8(11)18-10(16)17/h1-8H,(H4,16,17,18). The molecule has 1 aliphatic rings. The second kappa shape index (κ2) is 4.49. The van der Waals surface area contributed by atoms with Crippen LogP contribution in [0.15, 0.2) is 52.1 Å². The molecule has 7 heteroatoms. The molecule has 0 amide bonds. The van der Waals surface area contributed by atoms with Gasteiger partial charge in [0, 0.05) is 0 Å². The third-order valence-corrected chi connectivity index (χ3v) is 2.92. The quantitative estimate of drug-likeness (QED) is 0.636. The number of hydrogen-bond acceptors (Lipinski definition) is 2. The number of halogens is 3. The van der Waals surface area contributed by atoms with Gasteiger partial charge in [0.25, 0.3) is 0 Å². The van der Waals surface area contributed by atoms with E-state index in [9.17, 15) is 13.2 Å². The lowest BCUT2D eigenvalue weighted by atomic mass is 9.74. The van der Waals surface area contributed by atoms with Gasteiger partial charge in [-0.05, 0) is 12.1 Å². The lowest BCUT2D eigenvalue weighted by molar-refractivity contribution is -0.183. The van der Waals surface area contributed by atoms with Crippen LogP contribution < -0.4 is 11.5 Å². The Hall–Kier alpha value is -2.18. The molecule has 4 nitrogen and oxygen atoms in total. The zero-order valence-corrected chi connectivity index (χ0v) is 9.76. The van der Waals surface area contributed by atoms with Gasteiger partial charge in [0.1, 0.15) is 5.76 Å². The minimum absolute atomic E-state index is 0.254. The van der Waals surface area contributed by atoms with Crippen molar-refractivity contribution in [3.8, 4) is 0 Å². The highest BCUT2D eigenvalue weighted by Crippen LogP contribution is 2.48. The molecule has 0 bridgehead atoms. The van der Waals surface area contributed by atoms with Crippen molar-refractivity contribution < 1.29 is 17.6 Å². The third-order valence-electron chi connectivity index (χ3n) is 2.92. The zero-order chi connectivity index (χ0) is 14.1. The van der Waals surface area contributed by atoms with Crippen LogP contribution in [0.4, 0.5) is 13.2 Å². The highest BCUT2D eigenvalue weighted by molar-refractivity contribution is 5.76. The normalized spacial score (nSPS) is 26.4. The second-order valence-electron chi connectivity index (χ2n) is 4.09. The first-order valence-corrected chi connectivity index (χ1v) is 5.43.